The van der Waals surface area contributed by atoms with E-state index in [9.17, 15) is 4.79 Å². The fourth-order valence-electron chi connectivity index (χ4n) is 1.69. The fourth-order valence-corrected chi connectivity index (χ4v) is 1.69. The first-order valence-electron chi connectivity index (χ1n) is 6.21. The SMILES string of the molecule is CCCc1ccc(NC(=O)C(CC)CO)cc1. The largest absolute Gasteiger partial charge is 0.396 e. The predicted octanol–water partition coefficient (Wildman–Crippen LogP) is 2.60. The molecule has 0 fully saturated rings. The zero-order valence-electron chi connectivity index (χ0n) is 10.6. The van der Waals surface area contributed by atoms with Crippen molar-refractivity contribution in [2.75, 3.05) is 11.9 Å². The average Bonchev–Trinajstić information content (AvgIpc) is 2.33. The first-order valence-corrected chi connectivity index (χ1v) is 6.21. The molecule has 17 heavy (non-hydrogen) atoms. The number of aliphatic hydroxyl groups excluding tert-OH is 1. The van der Waals surface area contributed by atoms with E-state index in [4.69, 9.17) is 5.11 Å². The molecule has 1 amide bonds. The van der Waals surface area contributed by atoms with Crippen molar-refractivity contribution in [3.63, 3.8) is 0 Å². The van der Waals surface area contributed by atoms with Gasteiger partial charge in [0.1, 0.15) is 0 Å². The molecule has 0 bridgehead atoms. The summed E-state index contributed by atoms with van der Waals surface area (Å²) in [6.07, 6.45) is 2.83. The van der Waals surface area contributed by atoms with Crippen LogP contribution in [-0.2, 0) is 11.2 Å². The van der Waals surface area contributed by atoms with Crippen LogP contribution in [0.5, 0.6) is 0 Å². The maximum Gasteiger partial charge on any atom is 0.229 e. The van der Waals surface area contributed by atoms with E-state index in [2.05, 4.69) is 12.2 Å². The van der Waals surface area contributed by atoms with Crippen LogP contribution in [0.3, 0.4) is 0 Å². The number of carbonyl (C=O) groups excluding carboxylic acids is 1. The Hall–Kier alpha value is -1.35. The summed E-state index contributed by atoms with van der Waals surface area (Å²) < 4.78 is 0. The molecule has 1 unspecified atom stereocenters. The molecule has 3 heteroatoms. The highest BCUT2D eigenvalue weighted by Crippen LogP contribution is 2.13. The van der Waals surface area contributed by atoms with Crippen LogP contribution < -0.4 is 5.32 Å². The smallest absolute Gasteiger partial charge is 0.229 e. The number of amides is 1. The third kappa shape index (κ3) is 4.19. The Morgan fingerprint density at radius 2 is 1.94 bits per heavy atom. The zero-order valence-corrected chi connectivity index (χ0v) is 10.6. The Morgan fingerprint density at radius 3 is 2.41 bits per heavy atom. The normalized spacial score (nSPS) is 12.2. The van der Waals surface area contributed by atoms with Gasteiger partial charge in [0.15, 0.2) is 0 Å². The molecule has 1 aromatic rings. The lowest BCUT2D eigenvalue weighted by molar-refractivity contribution is -0.121. The molecule has 1 atom stereocenters. The van der Waals surface area contributed by atoms with Crippen molar-refractivity contribution in [2.45, 2.75) is 33.1 Å². The van der Waals surface area contributed by atoms with E-state index in [0.29, 0.717) is 6.42 Å². The highest BCUT2D eigenvalue weighted by Gasteiger charge is 2.14. The van der Waals surface area contributed by atoms with E-state index in [0.717, 1.165) is 18.5 Å². The minimum Gasteiger partial charge on any atom is -0.396 e. The lowest BCUT2D eigenvalue weighted by atomic mass is 10.1. The molecule has 0 aliphatic rings. The van der Waals surface area contributed by atoms with E-state index in [-0.39, 0.29) is 18.4 Å². The Labute approximate surface area is 103 Å². The molecule has 94 valence electrons. The second-order valence-corrected chi connectivity index (χ2v) is 4.22. The van der Waals surface area contributed by atoms with Crippen molar-refractivity contribution in [1.82, 2.24) is 0 Å². The molecule has 1 aromatic carbocycles. The number of aliphatic hydroxyl groups is 1. The fraction of sp³-hybridized carbons (Fsp3) is 0.500. The van der Waals surface area contributed by atoms with Gasteiger partial charge in [0.25, 0.3) is 0 Å². The number of carbonyl (C=O) groups is 1. The summed E-state index contributed by atoms with van der Waals surface area (Å²) in [4.78, 5) is 11.7. The maximum absolute atomic E-state index is 11.7. The van der Waals surface area contributed by atoms with Gasteiger partial charge < -0.3 is 10.4 Å². The van der Waals surface area contributed by atoms with Gasteiger partial charge in [-0.15, -0.1) is 0 Å². The Kier molecular flexibility index (Phi) is 5.70. The first kappa shape index (κ1) is 13.7. The van der Waals surface area contributed by atoms with Crippen molar-refractivity contribution < 1.29 is 9.90 Å². The van der Waals surface area contributed by atoms with E-state index in [1.165, 1.54) is 5.56 Å². The monoisotopic (exact) mass is 235 g/mol. The van der Waals surface area contributed by atoms with Crippen molar-refractivity contribution >= 4 is 11.6 Å². The Bertz CT molecular complexity index is 342. The number of aryl methyl sites for hydroxylation is 1. The number of anilines is 1. The van der Waals surface area contributed by atoms with Gasteiger partial charge in [-0.3, -0.25) is 4.79 Å². The van der Waals surface area contributed by atoms with Crippen LogP contribution in [0.15, 0.2) is 24.3 Å². The molecule has 3 nitrogen and oxygen atoms in total. The van der Waals surface area contributed by atoms with Crippen molar-refractivity contribution in [1.29, 1.82) is 0 Å². The first-order chi connectivity index (χ1) is 8.21. The minimum atomic E-state index is -0.315. The van der Waals surface area contributed by atoms with E-state index in [1.807, 2.05) is 31.2 Å². The lowest BCUT2D eigenvalue weighted by Crippen LogP contribution is -2.24. The molecule has 0 aliphatic heterocycles. The van der Waals surface area contributed by atoms with Gasteiger partial charge in [0.05, 0.1) is 12.5 Å². The molecule has 0 saturated carbocycles. The molecule has 1 rings (SSSR count). The summed E-state index contributed by atoms with van der Waals surface area (Å²) in [5.41, 5.74) is 2.07. The second-order valence-electron chi connectivity index (χ2n) is 4.22. The number of nitrogens with one attached hydrogen (secondary N) is 1. The summed E-state index contributed by atoms with van der Waals surface area (Å²) >= 11 is 0. The summed E-state index contributed by atoms with van der Waals surface area (Å²) in [6, 6.07) is 7.87. The van der Waals surface area contributed by atoms with Crippen molar-refractivity contribution in [2.24, 2.45) is 5.92 Å². The minimum absolute atomic E-state index is 0.101. The number of benzene rings is 1. The molecule has 0 aromatic heterocycles. The lowest BCUT2D eigenvalue weighted by Gasteiger charge is -2.12. The highest BCUT2D eigenvalue weighted by molar-refractivity contribution is 5.92. The van der Waals surface area contributed by atoms with Crippen LogP contribution in [0, 0.1) is 5.92 Å². The van der Waals surface area contributed by atoms with E-state index in [1.54, 1.807) is 0 Å². The van der Waals surface area contributed by atoms with E-state index < -0.39 is 0 Å². The van der Waals surface area contributed by atoms with Crippen molar-refractivity contribution in [3.8, 4) is 0 Å². The standard InChI is InChI=1S/C14H21NO2/c1-3-5-11-6-8-13(9-7-11)15-14(17)12(4-2)10-16/h6-9,12,16H,3-5,10H2,1-2H3,(H,15,17). The summed E-state index contributed by atoms with van der Waals surface area (Å²) in [5, 5.41) is 11.8. The third-order valence-corrected chi connectivity index (χ3v) is 2.84. The molecule has 0 heterocycles. The number of rotatable bonds is 6. The predicted molar refractivity (Wildman–Crippen MR) is 69.9 cm³/mol. The molecule has 0 aliphatic carbocycles. The quantitative estimate of drug-likeness (QED) is 0.796. The van der Waals surface area contributed by atoms with Gasteiger partial charge >= 0.3 is 0 Å². The third-order valence-electron chi connectivity index (χ3n) is 2.84. The van der Waals surface area contributed by atoms with Gasteiger partial charge in [0, 0.05) is 5.69 Å². The topological polar surface area (TPSA) is 49.3 Å². The molecular weight excluding hydrogens is 214 g/mol. The van der Waals surface area contributed by atoms with Crippen LogP contribution in [0.2, 0.25) is 0 Å². The van der Waals surface area contributed by atoms with Crippen LogP contribution in [-0.4, -0.2) is 17.6 Å². The Morgan fingerprint density at radius 1 is 1.29 bits per heavy atom. The molecule has 0 radical (unpaired) electrons. The summed E-state index contributed by atoms with van der Waals surface area (Å²) in [7, 11) is 0. The molecule has 2 N–H and O–H groups in total. The van der Waals surface area contributed by atoms with E-state index >= 15 is 0 Å². The summed E-state index contributed by atoms with van der Waals surface area (Å²) in [5.74, 6) is -0.427. The van der Waals surface area contributed by atoms with Gasteiger partial charge in [-0.1, -0.05) is 32.4 Å². The zero-order chi connectivity index (χ0) is 12.7. The highest BCUT2D eigenvalue weighted by atomic mass is 16.3. The van der Waals surface area contributed by atoms with Crippen molar-refractivity contribution in [3.05, 3.63) is 29.8 Å². The van der Waals surface area contributed by atoms with Crippen LogP contribution in [0.25, 0.3) is 0 Å². The van der Waals surface area contributed by atoms with Gasteiger partial charge in [-0.05, 0) is 30.5 Å². The van der Waals surface area contributed by atoms with Crippen LogP contribution in [0.1, 0.15) is 32.3 Å². The number of hydrogen-bond donors (Lipinski definition) is 2. The van der Waals surface area contributed by atoms with Gasteiger partial charge in [-0.25, -0.2) is 0 Å². The molecule has 0 saturated heterocycles. The molecular formula is C14H21NO2. The van der Waals surface area contributed by atoms with Crippen LogP contribution >= 0.6 is 0 Å². The van der Waals surface area contributed by atoms with Crippen LogP contribution in [0.4, 0.5) is 5.69 Å². The van der Waals surface area contributed by atoms with Gasteiger partial charge in [-0.2, -0.15) is 0 Å². The Balaban J connectivity index is 2.59. The second kappa shape index (κ2) is 7.07. The summed E-state index contributed by atoms with van der Waals surface area (Å²) in [6.45, 7) is 3.93. The van der Waals surface area contributed by atoms with Gasteiger partial charge in [0.2, 0.25) is 5.91 Å². The average molecular weight is 235 g/mol. The molecule has 0 spiro atoms. The number of hydrogen-bond acceptors (Lipinski definition) is 2. The maximum atomic E-state index is 11.7.